The number of carbonyl (C=O) groups is 1. The van der Waals surface area contributed by atoms with Crippen LogP contribution in [0.5, 0.6) is 0 Å². The van der Waals surface area contributed by atoms with Gasteiger partial charge in [0.2, 0.25) is 0 Å². The molecule has 3 aromatic rings. The molecule has 0 bridgehead atoms. The standard InChI is InChI=1S/C17H10Cl2O/c18-12-7-5-11(6-8-12)17(20)15-9-10-16(19)14-4-2-1-3-13(14)15/h1-10H. The molecule has 0 aliphatic carbocycles. The van der Waals surface area contributed by atoms with Gasteiger partial charge in [-0.25, -0.2) is 0 Å². The van der Waals surface area contributed by atoms with Gasteiger partial charge in [-0.05, 0) is 41.8 Å². The van der Waals surface area contributed by atoms with Crippen LogP contribution in [0, 0.1) is 0 Å². The lowest BCUT2D eigenvalue weighted by molar-refractivity contribution is 0.104. The number of rotatable bonds is 2. The van der Waals surface area contributed by atoms with Gasteiger partial charge in [0.25, 0.3) is 0 Å². The van der Waals surface area contributed by atoms with Crippen LogP contribution in [-0.4, -0.2) is 5.78 Å². The number of benzene rings is 3. The summed E-state index contributed by atoms with van der Waals surface area (Å²) in [5.74, 6) is -0.0328. The molecule has 3 aromatic carbocycles. The van der Waals surface area contributed by atoms with Crippen molar-refractivity contribution in [3.8, 4) is 0 Å². The minimum atomic E-state index is -0.0328. The number of hydrogen-bond acceptors (Lipinski definition) is 1. The van der Waals surface area contributed by atoms with Crippen LogP contribution < -0.4 is 0 Å². The first-order valence-electron chi connectivity index (χ1n) is 6.14. The number of fused-ring (bicyclic) bond motifs is 1. The van der Waals surface area contributed by atoms with Gasteiger partial charge in [-0.1, -0.05) is 47.5 Å². The monoisotopic (exact) mass is 300 g/mol. The van der Waals surface area contributed by atoms with E-state index in [0.717, 1.165) is 10.8 Å². The van der Waals surface area contributed by atoms with Crippen molar-refractivity contribution in [2.24, 2.45) is 0 Å². The molecule has 0 atom stereocenters. The van der Waals surface area contributed by atoms with E-state index in [1.54, 1.807) is 36.4 Å². The van der Waals surface area contributed by atoms with Crippen molar-refractivity contribution in [2.75, 3.05) is 0 Å². The van der Waals surface area contributed by atoms with Gasteiger partial charge >= 0.3 is 0 Å². The molecule has 0 radical (unpaired) electrons. The minimum Gasteiger partial charge on any atom is -0.289 e. The first kappa shape index (κ1) is 13.2. The highest BCUT2D eigenvalue weighted by Crippen LogP contribution is 2.28. The Hall–Kier alpha value is -1.83. The van der Waals surface area contributed by atoms with Crippen molar-refractivity contribution in [3.05, 3.63) is 81.8 Å². The Labute approximate surface area is 126 Å². The Morgan fingerprint density at radius 1 is 0.750 bits per heavy atom. The van der Waals surface area contributed by atoms with Crippen LogP contribution in [0.4, 0.5) is 0 Å². The van der Waals surface area contributed by atoms with E-state index in [1.165, 1.54) is 0 Å². The third kappa shape index (κ3) is 2.31. The molecule has 0 amide bonds. The van der Waals surface area contributed by atoms with Crippen LogP contribution in [-0.2, 0) is 0 Å². The molecule has 20 heavy (non-hydrogen) atoms. The second kappa shape index (κ2) is 5.28. The lowest BCUT2D eigenvalue weighted by Crippen LogP contribution is -2.02. The van der Waals surface area contributed by atoms with Gasteiger partial charge in [0.05, 0.1) is 0 Å². The number of halogens is 2. The maximum absolute atomic E-state index is 12.6. The van der Waals surface area contributed by atoms with E-state index in [2.05, 4.69) is 0 Å². The zero-order chi connectivity index (χ0) is 14.1. The number of ketones is 1. The molecule has 0 saturated carbocycles. The predicted octanol–water partition coefficient (Wildman–Crippen LogP) is 5.38. The molecule has 0 saturated heterocycles. The molecule has 3 rings (SSSR count). The molecule has 0 aliphatic rings. The molecule has 0 spiro atoms. The van der Waals surface area contributed by atoms with Crippen molar-refractivity contribution in [3.63, 3.8) is 0 Å². The molecule has 0 fully saturated rings. The zero-order valence-corrected chi connectivity index (χ0v) is 11.9. The molecule has 1 nitrogen and oxygen atoms in total. The molecule has 98 valence electrons. The van der Waals surface area contributed by atoms with E-state index >= 15 is 0 Å². The summed E-state index contributed by atoms with van der Waals surface area (Å²) in [6.07, 6.45) is 0. The van der Waals surface area contributed by atoms with Crippen molar-refractivity contribution in [1.29, 1.82) is 0 Å². The summed E-state index contributed by atoms with van der Waals surface area (Å²) in [5.41, 5.74) is 1.26. The second-order valence-electron chi connectivity index (χ2n) is 4.48. The fraction of sp³-hybridized carbons (Fsp3) is 0. The molecular weight excluding hydrogens is 291 g/mol. The molecule has 0 unspecified atom stereocenters. The van der Waals surface area contributed by atoms with Crippen LogP contribution in [0.1, 0.15) is 15.9 Å². The fourth-order valence-electron chi connectivity index (χ4n) is 2.22. The average molecular weight is 301 g/mol. The van der Waals surface area contributed by atoms with Gasteiger partial charge in [-0.15, -0.1) is 0 Å². The highest BCUT2D eigenvalue weighted by molar-refractivity contribution is 6.36. The Balaban J connectivity index is 2.17. The summed E-state index contributed by atoms with van der Waals surface area (Å²) in [6.45, 7) is 0. The molecule has 0 aromatic heterocycles. The normalized spacial score (nSPS) is 10.7. The van der Waals surface area contributed by atoms with Gasteiger partial charge in [0.1, 0.15) is 0 Å². The van der Waals surface area contributed by atoms with E-state index in [-0.39, 0.29) is 5.78 Å². The van der Waals surface area contributed by atoms with E-state index in [0.29, 0.717) is 21.2 Å². The predicted molar refractivity (Wildman–Crippen MR) is 83.8 cm³/mol. The Morgan fingerprint density at radius 2 is 1.40 bits per heavy atom. The maximum Gasteiger partial charge on any atom is 0.193 e. The third-order valence-electron chi connectivity index (χ3n) is 3.22. The Morgan fingerprint density at radius 3 is 2.10 bits per heavy atom. The van der Waals surface area contributed by atoms with Crippen molar-refractivity contribution < 1.29 is 4.79 Å². The quantitative estimate of drug-likeness (QED) is 0.581. The second-order valence-corrected chi connectivity index (χ2v) is 5.32. The summed E-state index contributed by atoms with van der Waals surface area (Å²) >= 11 is 12.0. The van der Waals surface area contributed by atoms with Crippen LogP contribution in [0.25, 0.3) is 10.8 Å². The summed E-state index contributed by atoms with van der Waals surface area (Å²) in [6, 6.07) is 18.0. The van der Waals surface area contributed by atoms with Crippen LogP contribution in [0.3, 0.4) is 0 Å². The van der Waals surface area contributed by atoms with Crippen molar-refractivity contribution in [1.82, 2.24) is 0 Å². The van der Waals surface area contributed by atoms with E-state index in [9.17, 15) is 4.79 Å². The van der Waals surface area contributed by atoms with Gasteiger partial charge in [-0.2, -0.15) is 0 Å². The van der Waals surface area contributed by atoms with E-state index in [4.69, 9.17) is 23.2 Å². The zero-order valence-electron chi connectivity index (χ0n) is 10.4. The number of carbonyl (C=O) groups excluding carboxylic acids is 1. The minimum absolute atomic E-state index is 0.0328. The fourth-order valence-corrected chi connectivity index (χ4v) is 2.57. The first-order chi connectivity index (χ1) is 9.66. The van der Waals surface area contributed by atoms with E-state index < -0.39 is 0 Å². The third-order valence-corrected chi connectivity index (χ3v) is 3.80. The lowest BCUT2D eigenvalue weighted by atomic mass is 9.97. The van der Waals surface area contributed by atoms with Crippen LogP contribution in [0.2, 0.25) is 10.0 Å². The summed E-state index contributed by atoms with van der Waals surface area (Å²) < 4.78 is 0. The molecule has 0 heterocycles. The molecule has 0 aliphatic heterocycles. The maximum atomic E-state index is 12.6. The Kier molecular flexibility index (Phi) is 3.47. The lowest BCUT2D eigenvalue weighted by Gasteiger charge is -2.07. The molecular formula is C17H10Cl2O. The summed E-state index contributed by atoms with van der Waals surface area (Å²) in [5, 5.41) is 3.00. The molecule has 3 heteroatoms. The van der Waals surface area contributed by atoms with Gasteiger partial charge in [0, 0.05) is 26.6 Å². The summed E-state index contributed by atoms with van der Waals surface area (Å²) in [7, 11) is 0. The highest BCUT2D eigenvalue weighted by Gasteiger charge is 2.13. The van der Waals surface area contributed by atoms with Crippen LogP contribution in [0.15, 0.2) is 60.7 Å². The van der Waals surface area contributed by atoms with Crippen molar-refractivity contribution in [2.45, 2.75) is 0 Å². The van der Waals surface area contributed by atoms with Gasteiger partial charge in [0.15, 0.2) is 5.78 Å². The smallest absolute Gasteiger partial charge is 0.193 e. The number of hydrogen-bond donors (Lipinski definition) is 0. The first-order valence-corrected chi connectivity index (χ1v) is 6.90. The SMILES string of the molecule is O=C(c1ccc(Cl)cc1)c1ccc(Cl)c2ccccc12. The molecule has 0 N–H and O–H groups in total. The van der Waals surface area contributed by atoms with Crippen molar-refractivity contribution >= 4 is 39.8 Å². The van der Waals surface area contributed by atoms with Gasteiger partial charge in [-0.3, -0.25) is 4.79 Å². The Bertz CT molecular complexity index is 792. The van der Waals surface area contributed by atoms with Crippen LogP contribution >= 0.6 is 23.2 Å². The van der Waals surface area contributed by atoms with E-state index in [1.807, 2.05) is 24.3 Å². The van der Waals surface area contributed by atoms with Gasteiger partial charge < -0.3 is 0 Å². The highest BCUT2D eigenvalue weighted by atomic mass is 35.5. The summed E-state index contributed by atoms with van der Waals surface area (Å²) in [4.78, 5) is 12.6. The topological polar surface area (TPSA) is 17.1 Å². The largest absolute Gasteiger partial charge is 0.289 e. The average Bonchev–Trinajstić information content (AvgIpc) is 2.48.